The molecule has 3 saturated heterocycles. The zero-order valence-corrected chi connectivity index (χ0v) is 23.6. The Morgan fingerprint density at radius 1 is 0.951 bits per heavy atom. The summed E-state index contributed by atoms with van der Waals surface area (Å²) >= 11 is 0. The van der Waals surface area contributed by atoms with Crippen LogP contribution in [-0.2, 0) is 27.4 Å². The van der Waals surface area contributed by atoms with E-state index in [2.05, 4.69) is 49.7 Å². The summed E-state index contributed by atoms with van der Waals surface area (Å²) in [6, 6.07) is 14.1. The van der Waals surface area contributed by atoms with Gasteiger partial charge in [0.1, 0.15) is 11.9 Å². The molecule has 216 valence electrons. The van der Waals surface area contributed by atoms with E-state index >= 15 is 0 Å². The quantitative estimate of drug-likeness (QED) is 0.426. The van der Waals surface area contributed by atoms with Crippen LogP contribution >= 0.6 is 0 Å². The SMILES string of the molecule is Cc1nc2cccc(NCc3ccc(CN4CCC(N5CCOCC5)CC4)cc3)c2c(=O)n1C1CCC(=O)NC1=O. The Bertz CT molecular complexity index is 1470. The first kappa shape index (κ1) is 27.6. The minimum atomic E-state index is -0.747. The molecule has 0 spiro atoms. The number of carbonyl (C=O) groups is 2. The lowest BCUT2D eigenvalue weighted by molar-refractivity contribution is -0.135. The molecule has 10 heteroatoms. The van der Waals surface area contributed by atoms with Crippen LogP contribution in [0.2, 0.25) is 0 Å². The third-order valence-corrected chi connectivity index (χ3v) is 8.66. The van der Waals surface area contributed by atoms with Crippen molar-refractivity contribution in [3.8, 4) is 0 Å². The van der Waals surface area contributed by atoms with Gasteiger partial charge in [0, 0.05) is 44.3 Å². The number of nitrogens with zero attached hydrogens (tertiary/aromatic N) is 4. The maximum absolute atomic E-state index is 13.7. The van der Waals surface area contributed by atoms with E-state index in [1.54, 1.807) is 6.92 Å². The highest BCUT2D eigenvalue weighted by atomic mass is 16.5. The van der Waals surface area contributed by atoms with Crippen LogP contribution in [-0.4, -0.2) is 76.6 Å². The average Bonchev–Trinajstić information content (AvgIpc) is 2.98. The third kappa shape index (κ3) is 6.05. The number of benzene rings is 2. The third-order valence-electron chi connectivity index (χ3n) is 8.66. The van der Waals surface area contributed by atoms with Gasteiger partial charge < -0.3 is 10.1 Å². The van der Waals surface area contributed by atoms with Crippen LogP contribution in [0.3, 0.4) is 0 Å². The van der Waals surface area contributed by atoms with Crippen molar-refractivity contribution < 1.29 is 14.3 Å². The number of amides is 2. The molecule has 3 aliphatic rings. The number of anilines is 1. The fraction of sp³-hybridized carbons (Fsp3) is 0.484. The first-order valence-electron chi connectivity index (χ1n) is 14.7. The molecule has 3 aromatic rings. The number of rotatable bonds is 7. The summed E-state index contributed by atoms with van der Waals surface area (Å²) in [7, 11) is 0. The number of hydrogen-bond acceptors (Lipinski definition) is 8. The fourth-order valence-electron chi connectivity index (χ4n) is 6.40. The Kier molecular flexibility index (Phi) is 8.13. The van der Waals surface area contributed by atoms with Gasteiger partial charge in [-0.1, -0.05) is 30.3 Å². The molecule has 3 fully saturated rings. The molecule has 1 atom stereocenters. The van der Waals surface area contributed by atoms with Crippen LogP contribution in [0.4, 0.5) is 5.69 Å². The number of fused-ring (bicyclic) bond motifs is 1. The molecular weight excluding hydrogens is 520 g/mol. The topological polar surface area (TPSA) is 109 Å². The summed E-state index contributed by atoms with van der Waals surface area (Å²) in [5.41, 5.74) is 3.39. The number of morpholine rings is 1. The smallest absolute Gasteiger partial charge is 0.264 e. The lowest BCUT2D eigenvalue weighted by Crippen LogP contribution is -2.48. The van der Waals surface area contributed by atoms with E-state index in [1.165, 1.54) is 23.0 Å². The molecule has 0 saturated carbocycles. The van der Waals surface area contributed by atoms with Crippen LogP contribution in [0.15, 0.2) is 47.3 Å². The lowest BCUT2D eigenvalue weighted by Gasteiger charge is -2.40. The minimum absolute atomic E-state index is 0.197. The van der Waals surface area contributed by atoms with Crippen molar-refractivity contribution in [1.29, 1.82) is 0 Å². The standard InChI is InChI=1S/C31H38N6O4/c1-21-33-26-4-2-3-25(29(26)31(40)37(21)27-9-10-28(38)34-30(27)39)32-19-22-5-7-23(8-6-22)20-35-13-11-24(12-14-35)36-15-17-41-18-16-36/h2-8,24,27,32H,9-20H2,1H3,(H,34,38,39). The highest BCUT2D eigenvalue weighted by Crippen LogP contribution is 2.24. The van der Waals surface area contributed by atoms with E-state index < -0.39 is 11.9 Å². The van der Waals surface area contributed by atoms with Gasteiger partial charge in [-0.05, 0) is 62.5 Å². The minimum Gasteiger partial charge on any atom is -0.380 e. The Morgan fingerprint density at radius 3 is 2.41 bits per heavy atom. The first-order valence-corrected chi connectivity index (χ1v) is 14.7. The second kappa shape index (κ2) is 12.1. The Hall–Kier alpha value is -3.60. The van der Waals surface area contributed by atoms with Gasteiger partial charge in [0.05, 0.1) is 24.1 Å². The van der Waals surface area contributed by atoms with E-state index in [4.69, 9.17) is 4.74 Å². The zero-order valence-electron chi connectivity index (χ0n) is 23.6. The van der Waals surface area contributed by atoms with Crippen LogP contribution in [0, 0.1) is 6.92 Å². The molecular formula is C31H38N6O4. The summed E-state index contributed by atoms with van der Waals surface area (Å²) in [5, 5.41) is 6.21. The molecule has 4 heterocycles. The summed E-state index contributed by atoms with van der Waals surface area (Å²) in [5.74, 6) is -0.318. The predicted octanol–water partition coefficient (Wildman–Crippen LogP) is 2.59. The van der Waals surface area contributed by atoms with Gasteiger partial charge in [0.25, 0.3) is 5.56 Å². The fourth-order valence-corrected chi connectivity index (χ4v) is 6.40. The lowest BCUT2D eigenvalue weighted by atomic mass is 10.0. The molecule has 3 aliphatic heterocycles. The number of hydrogen-bond donors (Lipinski definition) is 2. The number of imide groups is 1. The van der Waals surface area contributed by atoms with E-state index in [1.807, 2.05) is 18.2 Å². The Morgan fingerprint density at radius 2 is 1.68 bits per heavy atom. The molecule has 2 aromatic carbocycles. The zero-order chi connectivity index (χ0) is 28.3. The molecule has 0 aliphatic carbocycles. The maximum atomic E-state index is 13.7. The van der Waals surface area contributed by atoms with Crippen molar-refractivity contribution in [3.63, 3.8) is 0 Å². The highest BCUT2D eigenvalue weighted by molar-refractivity contribution is 5.99. The second-order valence-electron chi connectivity index (χ2n) is 11.3. The molecule has 1 unspecified atom stereocenters. The second-order valence-corrected chi connectivity index (χ2v) is 11.3. The number of piperidine rings is 2. The van der Waals surface area contributed by atoms with Crippen molar-refractivity contribution in [2.45, 2.75) is 57.8 Å². The highest BCUT2D eigenvalue weighted by Gasteiger charge is 2.31. The van der Waals surface area contributed by atoms with Gasteiger partial charge in [0.2, 0.25) is 11.8 Å². The molecule has 10 nitrogen and oxygen atoms in total. The van der Waals surface area contributed by atoms with E-state index in [0.717, 1.165) is 51.5 Å². The molecule has 6 rings (SSSR count). The van der Waals surface area contributed by atoms with Gasteiger partial charge in [-0.15, -0.1) is 0 Å². The number of carbonyl (C=O) groups excluding carboxylic acids is 2. The van der Waals surface area contributed by atoms with Crippen LogP contribution in [0.25, 0.3) is 10.9 Å². The molecule has 2 N–H and O–H groups in total. The van der Waals surface area contributed by atoms with E-state index in [9.17, 15) is 14.4 Å². The number of aryl methyl sites for hydroxylation is 1. The number of aromatic nitrogens is 2. The van der Waals surface area contributed by atoms with Gasteiger partial charge in [-0.25, -0.2) is 4.98 Å². The Labute approximate surface area is 239 Å². The maximum Gasteiger partial charge on any atom is 0.264 e. The summed E-state index contributed by atoms with van der Waals surface area (Å²) in [6.45, 7) is 9.31. The summed E-state index contributed by atoms with van der Waals surface area (Å²) in [6.07, 6.45) is 2.91. The molecule has 0 bridgehead atoms. The predicted molar refractivity (Wildman–Crippen MR) is 157 cm³/mol. The van der Waals surface area contributed by atoms with Gasteiger partial charge in [0.15, 0.2) is 0 Å². The molecule has 41 heavy (non-hydrogen) atoms. The van der Waals surface area contributed by atoms with Gasteiger partial charge >= 0.3 is 0 Å². The van der Waals surface area contributed by atoms with Crippen LogP contribution in [0.1, 0.15) is 48.7 Å². The average molecular weight is 559 g/mol. The molecule has 1 aromatic heterocycles. The normalized spacial score (nSPS) is 21.2. The van der Waals surface area contributed by atoms with Crippen LogP contribution in [0.5, 0.6) is 0 Å². The van der Waals surface area contributed by atoms with Gasteiger partial charge in [-0.2, -0.15) is 0 Å². The first-order chi connectivity index (χ1) is 20.0. The largest absolute Gasteiger partial charge is 0.380 e. The monoisotopic (exact) mass is 558 g/mol. The van der Waals surface area contributed by atoms with Crippen molar-refractivity contribution >= 4 is 28.4 Å². The molecule has 2 amide bonds. The van der Waals surface area contributed by atoms with Crippen molar-refractivity contribution in [3.05, 3.63) is 69.8 Å². The Balaban J connectivity index is 1.10. The van der Waals surface area contributed by atoms with E-state index in [0.29, 0.717) is 35.0 Å². The summed E-state index contributed by atoms with van der Waals surface area (Å²) < 4.78 is 6.93. The van der Waals surface area contributed by atoms with Crippen molar-refractivity contribution in [2.75, 3.05) is 44.7 Å². The van der Waals surface area contributed by atoms with Crippen LogP contribution < -0.4 is 16.2 Å². The number of ether oxygens (including phenoxy) is 1. The summed E-state index contributed by atoms with van der Waals surface area (Å²) in [4.78, 5) is 47.6. The number of likely N-dealkylation sites (tertiary alicyclic amines) is 1. The van der Waals surface area contributed by atoms with E-state index in [-0.39, 0.29) is 24.3 Å². The molecule has 0 radical (unpaired) electrons. The van der Waals surface area contributed by atoms with Gasteiger partial charge in [-0.3, -0.25) is 34.1 Å². The van der Waals surface area contributed by atoms with Crippen molar-refractivity contribution in [1.82, 2.24) is 24.7 Å². The number of nitrogens with one attached hydrogen (secondary N) is 2. The van der Waals surface area contributed by atoms with Crippen molar-refractivity contribution in [2.24, 2.45) is 0 Å².